The van der Waals surface area contributed by atoms with E-state index in [2.05, 4.69) is 17.4 Å². The number of halogens is 1. The average molecular weight is 400 g/mol. The highest BCUT2D eigenvalue weighted by atomic mass is 35.5. The first-order chi connectivity index (χ1) is 12.7. The Labute approximate surface area is 167 Å². The second-order valence-electron chi connectivity index (χ2n) is 5.54. The molecule has 1 N–H and O–H groups in total. The molecule has 0 saturated carbocycles. The molecule has 1 amide bonds. The van der Waals surface area contributed by atoms with Crippen LogP contribution in [-0.4, -0.2) is 11.7 Å². The number of hydrogen-bond acceptors (Lipinski definition) is 3. The van der Waals surface area contributed by atoms with Gasteiger partial charge in [0, 0.05) is 20.6 Å². The highest BCUT2D eigenvalue weighted by Gasteiger charge is 2.09. The number of anilines is 1. The van der Waals surface area contributed by atoms with Crippen LogP contribution in [0.2, 0.25) is 5.02 Å². The van der Waals surface area contributed by atoms with Crippen molar-refractivity contribution < 1.29 is 4.79 Å². The first kappa shape index (κ1) is 18.9. The Kier molecular flexibility index (Phi) is 7.06. The van der Waals surface area contributed by atoms with Gasteiger partial charge in [0.05, 0.1) is 11.4 Å². The maximum absolute atomic E-state index is 12.3. The van der Waals surface area contributed by atoms with E-state index >= 15 is 0 Å². The van der Waals surface area contributed by atoms with E-state index in [1.54, 1.807) is 23.5 Å². The molecule has 2 nitrogen and oxygen atoms in total. The predicted molar refractivity (Wildman–Crippen MR) is 113 cm³/mol. The van der Waals surface area contributed by atoms with Crippen molar-refractivity contribution in [2.45, 2.75) is 15.5 Å². The van der Waals surface area contributed by atoms with Crippen LogP contribution in [0.4, 0.5) is 5.69 Å². The normalized spacial score (nSPS) is 10.5. The topological polar surface area (TPSA) is 29.1 Å². The number of amides is 1. The third-order valence-corrected chi connectivity index (χ3v) is 6.01. The monoisotopic (exact) mass is 399 g/mol. The lowest BCUT2D eigenvalue weighted by Crippen LogP contribution is -2.14. The Morgan fingerprint density at radius 2 is 1.58 bits per heavy atom. The van der Waals surface area contributed by atoms with Crippen molar-refractivity contribution in [2.75, 3.05) is 11.1 Å². The number of para-hydroxylation sites is 1. The summed E-state index contributed by atoms with van der Waals surface area (Å²) in [6.45, 7) is 0. The maximum Gasteiger partial charge on any atom is 0.234 e. The minimum Gasteiger partial charge on any atom is -0.324 e. The summed E-state index contributed by atoms with van der Waals surface area (Å²) in [5.74, 6) is 1.09. The van der Waals surface area contributed by atoms with Gasteiger partial charge in [-0.05, 0) is 35.9 Å². The molecule has 0 aliphatic carbocycles. The molecule has 0 aliphatic rings. The predicted octanol–water partition coefficient (Wildman–Crippen LogP) is 6.36. The number of hydrogen-bond donors (Lipinski definition) is 1. The van der Waals surface area contributed by atoms with Gasteiger partial charge in [-0.1, -0.05) is 71.9 Å². The molecule has 0 saturated heterocycles. The number of carbonyl (C=O) groups excluding carboxylic acids is 1. The Morgan fingerprint density at radius 1 is 0.885 bits per heavy atom. The molecule has 0 spiro atoms. The van der Waals surface area contributed by atoms with Crippen molar-refractivity contribution in [1.82, 2.24) is 0 Å². The van der Waals surface area contributed by atoms with Crippen LogP contribution in [0.5, 0.6) is 0 Å². The van der Waals surface area contributed by atoms with E-state index in [1.165, 1.54) is 0 Å². The minimum atomic E-state index is -0.0110. The van der Waals surface area contributed by atoms with Crippen molar-refractivity contribution in [3.05, 3.63) is 89.4 Å². The Morgan fingerprint density at radius 3 is 2.38 bits per heavy atom. The zero-order valence-corrected chi connectivity index (χ0v) is 16.4. The minimum absolute atomic E-state index is 0.0110. The largest absolute Gasteiger partial charge is 0.324 e. The molecule has 26 heavy (non-hydrogen) atoms. The molecule has 0 atom stereocenters. The van der Waals surface area contributed by atoms with E-state index in [9.17, 15) is 4.79 Å². The van der Waals surface area contributed by atoms with Crippen LogP contribution in [-0.2, 0) is 10.5 Å². The van der Waals surface area contributed by atoms with Gasteiger partial charge in [-0.2, -0.15) is 0 Å². The number of carbonyl (C=O) groups is 1. The summed E-state index contributed by atoms with van der Waals surface area (Å²) in [4.78, 5) is 14.5. The summed E-state index contributed by atoms with van der Waals surface area (Å²) < 4.78 is 0. The van der Waals surface area contributed by atoms with Gasteiger partial charge in [-0.15, -0.1) is 11.8 Å². The highest BCUT2D eigenvalue weighted by molar-refractivity contribution is 7.99. The van der Waals surface area contributed by atoms with Crippen LogP contribution in [0.15, 0.2) is 88.7 Å². The number of benzene rings is 3. The van der Waals surface area contributed by atoms with Gasteiger partial charge < -0.3 is 5.32 Å². The van der Waals surface area contributed by atoms with E-state index in [0.29, 0.717) is 11.5 Å². The molecular formula is C21H18ClNOS2. The zero-order chi connectivity index (χ0) is 18.2. The summed E-state index contributed by atoms with van der Waals surface area (Å²) in [6, 6.07) is 25.7. The number of rotatable bonds is 7. The fourth-order valence-electron chi connectivity index (χ4n) is 2.33. The van der Waals surface area contributed by atoms with Crippen molar-refractivity contribution in [1.29, 1.82) is 0 Å². The molecular weight excluding hydrogens is 382 g/mol. The maximum atomic E-state index is 12.3. The zero-order valence-electron chi connectivity index (χ0n) is 14.0. The number of thioether (sulfide) groups is 1. The fourth-order valence-corrected chi connectivity index (χ4v) is 4.37. The first-order valence-corrected chi connectivity index (χ1v) is 10.5. The smallest absolute Gasteiger partial charge is 0.234 e. The van der Waals surface area contributed by atoms with Gasteiger partial charge in [-0.3, -0.25) is 4.79 Å². The Bertz CT molecular complexity index is 871. The van der Waals surface area contributed by atoms with Gasteiger partial charge in [0.15, 0.2) is 0 Å². The third-order valence-electron chi connectivity index (χ3n) is 3.58. The van der Waals surface area contributed by atoms with E-state index < -0.39 is 0 Å². The fraction of sp³-hybridized carbons (Fsp3) is 0.0952. The van der Waals surface area contributed by atoms with E-state index in [1.807, 2.05) is 66.7 Å². The molecule has 0 radical (unpaired) electrons. The van der Waals surface area contributed by atoms with Gasteiger partial charge in [0.1, 0.15) is 0 Å². The van der Waals surface area contributed by atoms with E-state index in [-0.39, 0.29) is 5.91 Å². The lowest BCUT2D eigenvalue weighted by atomic mass is 10.2. The summed E-state index contributed by atoms with van der Waals surface area (Å²) in [7, 11) is 0. The van der Waals surface area contributed by atoms with Gasteiger partial charge in [0.25, 0.3) is 0 Å². The molecule has 132 valence electrons. The average Bonchev–Trinajstić information content (AvgIpc) is 2.66. The quantitative estimate of drug-likeness (QED) is 0.501. The van der Waals surface area contributed by atoms with Gasteiger partial charge in [0.2, 0.25) is 5.91 Å². The molecule has 3 aromatic carbocycles. The molecule has 0 fully saturated rings. The van der Waals surface area contributed by atoms with Crippen molar-refractivity contribution >= 4 is 46.7 Å². The van der Waals surface area contributed by atoms with Gasteiger partial charge in [-0.25, -0.2) is 0 Å². The molecule has 0 unspecified atom stereocenters. The van der Waals surface area contributed by atoms with E-state index in [4.69, 9.17) is 11.6 Å². The summed E-state index contributed by atoms with van der Waals surface area (Å²) in [6.07, 6.45) is 0. The SMILES string of the molecule is O=C(CSCc1ccccc1Cl)Nc1ccccc1Sc1ccccc1. The Balaban J connectivity index is 1.57. The molecule has 0 bridgehead atoms. The van der Waals surface area contributed by atoms with Crippen molar-refractivity contribution in [2.24, 2.45) is 0 Å². The first-order valence-electron chi connectivity index (χ1n) is 8.15. The second-order valence-corrected chi connectivity index (χ2v) is 8.05. The lowest BCUT2D eigenvalue weighted by Gasteiger charge is -2.11. The summed E-state index contributed by atoms with van der Waals surface area (Å²) in [5.41, 5.74) is 1.89. The molecule has 3 rings (SSSR count). The Hall–Kier alpha value is -1.88. The van der Waals surface area contributed by atoms with Crippen LogP contribution in [0.3, 0.4) is 0 Å². The van der Waals surface area contributed by atoms with Crippen LogP contribution in [0.25, 0.3) is 0 Å². The van der Waals surface area contributed by atoms with Crippen molar-refractivity contribution in [3.63, 3.8) is 0 Å². The third kappa shape index (κ3) is 5.56. The standard InChI is InChI=1S/C21H18ClNOS2/c22-18-11-5-4-8-16(18)14-25-15-21(24)23-19-12-6-7-13-20(19)26-17-9-2-1-3-10-17/h1-13H,14-15H2,(H,23,24). The molecule has 0 aromatic heterocycles. The van der Waals surface area contributed by atoms with E-state index in [0.717, 1.165) is 26.1 Å². The molecule has 0 aliphatic heterocycles. The molecule has 3 aromatic rings. The molecule has 5 heteroatoms. The summed E-state index contributed by atoms with van der Waals surface area (Å²) >= 11 is 9.34. The second kappa shape index (κ2) is 9.72. The lowest BCUT2D eigenvalue weighted by molar-refractivity contribution is -0.113. The summed E-state index contributed by atoms with van der Waals surface area (Å²) in [5, 5.41) is 3.76. The van der Waals surface area contributed by atoms with Crippen LogP contribution < -0.4 is 5.32 Å². The van der Waals surface area contributed by atoms with Crippen molar-refractivity contribution in [3.8, 4) is 0 Å². The van der Waals surface area contributed by atoms with Crippen LogP contribution in [0, 0.1) is 0 Å². The number of nitrogens with one attached hydrogen (secondary N) is 1. The highest BCUT2D eigenvalue weighted by Crippen LogP contribution is 2.33. The van der Waals surface area contributed by atoms with Crippen LogP contribution >= 0.6 is 35.1 Å². The molecule has 0 heterocycles. The van der Waals surface area contributed by atoms with Gasteiger partial charge >= 0.3 is 0 Å². The van der Waals surface area contributed by atoms with Crippen LogP contribution in [0.1, 0.15) is 5.56 Å².